The third kappa shape index (κ3) is 12.9. The molecule has 0 aliphatic rings. The van der Waals surface area contributed by atoms with Crippen molar-refractivity contribution in [2.75, 3.05) is 18.5 Å². The normalized spacial score (nSPS) is 10.6. The molecule has 0 bridgehead atoms. The summed E-state index contributed by atoms with van der Waals surface area (Å²) in [5, 5.41) is 6.03. The number of anilines is 1. The van der Waals surface area contributed by atoms with Crippen LogP contribution >= 0.6 is 12.2 Å². The summed E-state index contributed by atoms with van der Waals surface area (Å²) in [5.74, 6) is 1.36. The van der Waals surface area contributed by atoms with Gasteiger partial charge in [-0.15, -0.1) is 0 Å². The molecule has 2 aromatic carbocycles. The van der Waals surface area contributed by atoms with Crippen molar-refractivity contribution < 1.29 is 14.3 Å². The van der Waals surface area contributed by atoms with Gasteiger partial charge in [0, 0.05) is 11.3 Å². The molecule has 2 rings (SSSR count). The van der Waals surface area contributed by atoms with Gasteiger partial charge in [-0.05, 0) is 73.6 Å². The molecular formula is C30H44N2O3S. The first-order valence-corrected chi connectivity index (χ1v) is 14.1. The standard InChI is InChI=1S/C30H44N2O3S/c1-3-5-7-9-11-13-23-34-27-19-15-25(16-20-27)29(33)32-30(36)31-26-17-21-28(22-18-26)35-24-14-12-10-8-6-4-2/h15-22H,3-14,23-24H2,1-2H3,(H2,31,32,33,36). The summed E-state index contributed by atoms with van der Waals surface area (Å²) in [6.07, 6.45) is 14.9. The zero-order valence-corrected chi connectivity index (χ0v) is 23.0. The van der Waals surface area contributed by atoms with Gasteiger partial charge in [0.1, 0.15) is 11.5 Å². The molecule has 0 fully saturated rings. The van der Waals surface area contributed by atoms with E-state index >= 15 is 0 Å². The van der Waals surface area contributed by atoms with E-state index in [-0.39, 0.29) is 11.0 Å². The Morgan fingerprint density at radius 1 is 0.667 bits per heavy atom. The number of rotatable bonds is 18. The first kappa shape index (κ1) is 29.6. The maximum atomic E-state index is 12.5. The monoisotopic (exact) mass is 512 g/mol. The van der Waals surface area contributed by atoms with E-state index in [4.69, 9.17) is 21.7 Å². The third-order valence-electron chi connectivity index (χ3n) is 5.99. The van der Waals surface area contributed by atoms with Gasteiger partial charge in [-0.3, -0.25) is 10.1 Å². The van der Waals surface area contributed by atoms with Gasteiger partial charge in [0.25, 0.3) is 5.91 Å². The van der Waals surface area contributed by atoms with E-state index in [1.807, 2.05) is 36.4 Å². The number of amides is 1. The molecule has 0 aliphatic carbocycles. The van der Waals surface area contributed by atoms with E-state index in [0.717, 1.165) is 36.6 Å². The van der Waals surface area contributed by atoms with E-state index in [1.165, 1.54) is 64.2 Å². The first-order valence-electron chi connectivity index (χ1n) is 13.7. The number of hydrogen-bond donors (Lipinski definition) is 2. The predicted molar refractivity (Wildman–Crippen MR) is 154 cm³/mol. The number of thiocarbonyl (C=S) groups is 1. The minimum absolute atomic E-state index is 0.254. The van der Waals surface area contributed by atoms with Crippen molar-refractivity contribution in [3.8, 4) is 11.5 Å². The number of carbonyl (C=O) groups is 1. The molecule has 0 atom stereocenters. The molecule has 0 saturated carbocycles. The molecule has 0 aromatic heterocycles. The van der Waals surface area contributed by atoms with E-state index in [0.29, 0.717) is 12.2 Å². The molecule has 2 aromatic rings. The minimum Gasteiger partial charge on any atom is -0.494 e. The average molecular weight is 513 g/mol. The van der Waals surface area contributed by atoms with Gasteiger partial charge in [-0.25, -0.2) is 0 Å². The van der Waals surface area contributed by atoms with Crippen LogP contribution in [0.5, 0.6) is 11.5 Å². The van der Waals surface area contributed by atoms with Crippen LogP contribution in [0.15, 0.2) is 48.5 Å². The van der Waals surface area contributed by atoms with Crippen LogP contribution in [0.1, 0.15) is 101 Å². The molecule has 5 nitrogen and oxygen atoms in total. The fraction of sp³-hybridized carbons (Fsp3) is 0.533. The lowest BCUT2D eigenvalue weighted by Gasteiger charge is -2.11. The molecular weight excluding hydrogens is 468 g/mol. The summed E-state index contributed by atoms with van der Waals surface area (Å²) >= 11 is 5.31. The molecule has 0 unspecified atom stereocenters. The Labute approximate surface area is 223 Å². The Kier molecular flexibility index (Phi) is 15.3. The van der Waals surface area contributed by atoms with Gasteiger partial charge < -0.3 is 14.8 Å². The van der Waals surface area contributed by atoms with Crippen molar-refractivity contribution in [1.82, 2.24) is 5.32 Å². The lowest BCUT2D eigenvalue weighted by atomic mass is 10.1. The van der Waals surface area contributed by atoms with Crippen molar-refractivity contribution in [1.29, 1.82) is 0 Å². The van der Waals surface area contributed by atoms with Crippen molar-refractivity contribution >= 4 is 28.9 Å². The molecule has 0 radical (unpaired) electrons. The number of unbranched alkanes of at least 4 members (excludes halogenated alkanes) is 10. The van der Waals surface area contributed by atoms with Crippen molar-refractivity contribution in [3.05, 3.63) is 54.1 Å². The molecule has 0 spiro atoms. The zero-order chi connectivity index (χ0) is 25.8. The summed E-state index contributed by atoms with van der Waals surface area (Å²) in [6, 6.07) is 14.8. The molecule has 36 heavy (non-hydrogen) atoms. The highest BCUT2D eigenvalue weighted by Crippen LogP contribution is 2.17. The molecule has 1 amide bonds. The summed E-state index contributed by atoms with van der Waals surface area (Å²) in [5.41, 5.74) is 1.33. The Morgan fingerprint density at radius 3 is 1.61 bits per heavy atom. The number of benzene rings is 2. The van der Waals surface area contributed by atoms with Gasteiger partial charge in [0.15, 0.2) is 5.11 Å². The van der Waals surface area contributed by atoms with Gasteiger partial charge >= 0.3 is 0 Å². The van der Waals surface area contributed by atoms with E-state index in [2.05, 4.69) is 24.5 Å². The van der Waals surface area contributed by atoms with Crippen molar-refractivity contribution in [2.24, 2.45) is 0 Å². The SMILES string of the molecule is CCCCCCCCOc1ccc(NC(=S)NC(=O)c2ccc(OCCCCCCCC)cc2)cc1. The summed E-state index contributed by atoms with van der Waals surface area (Å²) < 4.78 is 11.6. The second-order valence-electron chi connectivity index (χ2n) is 9.19. The van der Waals surface area contributed by atoms with Crippen molar-refractivity contribution in [2.45, 2.75) is 90.9 Å². The summed E-state index contributed by atoms with van der Waals surface area (Å²) in [6.45, 7) is 5.89. The number of hydrogen-bond acceptors (Lipinski definition) is 4. The second kappa shape index (κ2) is 18.6. The molecule has 2 N–H and O–H groups in total. The Hall–Kier alpha value is -2.60. The Balaban J connectivity index is 1.64. The molecule has 0 heterocycles. The van der Waals surface area contributed by atoms with E-state index in [1.54, 1.807) is 12.1 Å². The Bertz CT molecular complexity index is 869. The highest BCUT2D eigenvalue weighted by molar-refractivity contribution is 7.80. The molecule has 198 valence electrons. The van der Waals surface area contributed by atoms with Crippen LogP contribution in [0.2, 0.25) is 0 Å². The van der Waals surface area contributed by atoms with Crippen LogP contribution in [0, 0.1) is 0 Å². The fourth-order valence-corrected chi connectivity index (χ4v) is 4.03. The van der Waals surface area contributed by atoms with Crippen LogP contribution in [0.3, 0.4) is 0 Å². The van der Waals surface area contributed by atoms with Crippen LogP contribution in [-0.2, 0) is 0 Å². The number of ether oxygens (including phenoxy) is 2. The molecule has 0 aliphatic heterocycles. The number of carbonyl (C=O) groups excluding carboxylic acids is 1. The van der Waals surface area contributed by atoms with Crippen LogP contribution in [0.4, 0.5) is 5.69 Å². The highest BCUT2D eigenvalue weighted by atomic mass is 32.1. The maximum Gasteiger partial charge on any atom is 0.257 e. The van der Waals surface area contributed by atoms with E-state index < -0.39 is 0 Å². The first-order chi connectivity index (χ1) is 17.6. The van der Waals surface area contributed by atoms with Gasteiger partial charge in [0.05, 0.1) is 13.2 Å². The number of nitrogens with one attached hydrogen (secondary N) is 2. The fourth-order valence-electron chi connectivity index (χ4n) is 3.82. The van der Waals surface area contributed by atoms with Gasteiger partial charge in [-0.2, -0.15) is 0 Å². The summed E-state index contributed by atoms with van der Waals surface area (Å²) in [4.78, 5) is 12.5. The summed E-state index contributed by atoms with van der Waals surface area (Å²) in [7, 11) is 0. The largest absolute Gasteiger partial charge is 0.494 e. The van der Waals surface area contributed by atoms with E-state index in [9.17, 15) is 4.79 Å². The van der Waals surface area contributed by atoms with Crippen LogP contribution < -0.4 is 20.1 Å². The Morgan fingerprint density at radius 2 is 1.11 bits per heavy atom. The lowest BCUT2D eigenvalue weighted by Crippen LogP contribution is -2.34. The van der Waals surface area contributed by atoms with Crippen molar-refractivity contribution in [3.63, 3.8) is 0 Å². The van der Waals surface area contributed by atoms with Crippen LogP contribution in [-0.4, -0.2) is 24.2 Å². The van der Waals surface area contributed by atoms with Gasteiger partial charge in [-0.1, -0.05) is 78.1 Å². The molecule has 0 saturated heterocycles. The lowest BCUT2D eigenvalue weighted by molar-refractivity contribution is 0.0977. The second-order valence-corrected chi connectivity index (χ2v) is 9.60. The maximum absolute atomic E-state index is 12.5. The molecule has 6 heteroatoms. The van der Waals surface area contributed by atoms with Crippen LogP contribution in [0.25, 0.3) is 0 Å². The predicted octanol–water partition coefficient (Wildman–Crippen LogP) is 8.29. The zero-order valence-electron chi connectivity index (χ0n) is 22.2. The topological polar surface area (TPSA) is 59.6 Å². The minimum atomic E-state index is -0.256. The average Bonchev–Trinajstić information content (AvgIpc) is 2.89. The third-order valence-corrected chi connectivity index (χ3v) is 6.19. The quantitative estimate of drug-likeness (QED) is 0.155. The smallest absolute Gasteiger partial charge is 0.257 e. The van der Waals surface area contributed by atoms with Gasteiger partial charge in [0.2, 0.25) is 0 Å². The highest BCUT2D eigenvalue weighted by Gasteiger charge is 2.08.